The van der Waals surface area contributed by atoms with Gasteiger partial charge < -0.3 is 9.84 Å². The fraction of sp³-hybridized carbons (Fsp3) is 0.533. The highest BCUT2D eigenvalue weighted by atomic mass is 32.2. The zero-order chi connectivity index (χ0) is 14.4. The van der Waals surface area contributed by atoms with Crippen molar-refractivity contribution in [1.82, 2.24) is 0 Å². The van der Waals surface area contributed by atoms with Crippen molar-refractivity contribution in [3.63, 3.8) is 0 Å². The van der Waals surface area contributed by atoms with Gasteiger partial charge in [0.2, 0.25) is 0 Å². The highest BCUT2D eigenvalue weighted by molar-refractivity contribution is 7.99. The summed E-state index contributed by atoms with van der Waals surface area (Å²) in [6, 6.07) is 6.00. The van der Waals surface area contributed by atoms with E-state index in [4.69, 9.17) is 9.84 Å². The normalized spacial score (nSPS) is 15.8. The molecule has 0 unspecified atom stereocenters. The molecule has 1 aliphatic carbocycles. The summed E-state index contributed by atoms with van der Waals surface area (Å²) in [6.07, 6.45) is 3.29. The van der Waals surface area contributed by atoms with Gasteiger partial charge in [-0.25, -0.2) is 4.39 Å². The van der Waals surface area contributed by atoms with Gasteiger partial charge in [-0.3, -0.25) is 4.79 Å². The van der Waals surface area contributed by atoms with Crippen LogP contribution in [0.3, 0.4) is 0 Å². The number of hydrogen-bond acceptors (Lipinski definition) is 3. The van der Waals surface area contributed by atoms with Gasteiger partial charge in [0, 0.05) is 0 Å². The topological polar surface area (TPSA) is 46.5 Å². The molecular weight excluding hydrogens is 279 g/mol. The third kappa shape index (κ3) is 5.04. The van der Waals surface area contributed by atoms with E-state index >= 15 is 0 Å². The molecule has 1 fully saturated rings. The van der Waals surface area contributed by atoms with Gasteiger partial charge in [0.25, 0.3) is 0 Å². The first kappa shape index (κ1) is 15.2. The second kappa shape index (κ2) is 6.97. The van der Waals surface area contributed by atoms with Crippen molar-refractivity contribution < 1.29 is 19.0 Å². The number of carboxylic acid groups (broad SMARTS) is 1. The minimum absolute atomic E-state index is 0.0638. The molecule has 1 N–H and O–H groups in total. The first-order valence-electron chi connectivity index (χ1n) is 6.78. The molecule has 2 rings (SSSR count). The SMILES string of the molecule is O=C(O)CC1(CSCCCOc2ccc(F)cc2)CC1. The van der Waals surface area contributed by atoms with Crippen LogP contribution in [0.4, 0.5) is 4.39 Å². The molecule has 0 saturated heterocycles. The van der Waals surface area contributed by atoms with Crippen LogP contribution >= 0.6 is 11.8 Å². The van der Waals surface area contributed by atoms with E-state index in [2.05, 4.69) is 0 Å². The van der Waals surface area contributed by atoms with Crippen LogP contribution in [-0.4, -0.2) is 29.2 Å². The van der Waals surface area contributed by atoms with Crippen molar-refractivity contribution in [2.24, 2.45) is 5.41 Å². The van der Waals surface area contributed by atoms with E-state index < -0.39 is 5.97 Å². The third-order valence-corrected chi connectivity index (χ3v) is 4.80. The van der Waals surface area contributed by atoms with Crippen LogP contribution in [0, 0.1) is 11.2 Å². The number of carbonyl (C=O) groups is 1. The Hall–Kier alpha value is -1.23. The van der Waals surface area contributed by atoms with Gasteiger partial charge in [0.15, 0.2) is 0 Å². The van der Waals surface area contributed by atoms with E-state index in [1.54, 1.807) is 23.9 Å². The Morgan fingerprint density at radius 1 is 1.35 bits per heavy atom. The molecule has 1 aliphatic rings. The molecule has 20 heavy (non-hydrogen) atoms. The molecule has 0 atom stereocenters. The highest BCUT2D eigenvalue weighted by Gasteiger charge is 2.43. The van der Waals surface area contributed by atoms with Gasteiger partial charge in [-0.2, -0.15) is 11.8 Å². The first-order valence-corrected chi connectivity index (χ1v) is 7.93. The molecule has 1 aromatic rings. The highest BCUT2D eigenvalue weighted by Crippen LogP contribution is 2.51. The molecular formula is C15H19FO3S. The fourth-order valence-corrected chi connectivity index (χ4v) is 3.33. The maximum atomic E-state index is 12.7. The molecule has 0 aromatic heterocycles. The van der Waals surface area contributed by atoms with Gasteiger partial charge in [-0.1, -0.05) is 0 Å². The summed E-state index contributed by atoms with van der Waals surface area (Å²) >= 11 is 1.80. The predicted molar refractivity (Wildman–Crippen MR) is 77.8 cm³/mol. The van der Waals surface area contributed by atoms with E-state index in [-0.39, 0.29) is 11.2 Å². The second-order valence-corrected chi connectivity index (χ2v) is 6.38. The molecule has 0 amide bonds. The molecule has 0 spiro atoms. The third-order valence-electron chi connectivity index (χ3n) is 3.41. The minimum atomic E-state index is -0.692. The molecule has 1 aromatic carbocycles. The quantitative estimate of drug-likeness (QED) is 0.708. The summed E-state index contributed by atoms with van der Waals surface area (Å²) in [5.74, 6) is 1.61. The Balaban J connectivity index is 1.54. The molecule has 0 heterocycles. The summed E-state index contributed by atoms with van der Waals surface area (Å²) < 4.78 is 18.2. The standard InChI is InChI=1S/C15H19FO3S/c16-12-2-4-13(5-3-12)19-8-1-9-20-11-15(6-7-15)10-14(17)18/h2-5H,1,6-11H2,(H,17,18). The molecule has 1 saturated carbocycles. The first-order chi connectivity index (χ1) is 9.60. The Labute approximate surface area is 122 Å². The average Bonchev–Trinajstić information content (AvgIpc) is 3.15. The second-order valence-electron chi connectivity index (χ2n) is 5.28. The zero-order valence-electron chi connectivity index (χ0n) is 11.3. The zero-order valence-corrected chi connectivity index (χ0v) is 12.1. The minimum Gasteiger partial charge on any atom is -0.494 e. The van der Waals surface area contributed by atoms with Crippen LogP contribution in [0.5, 0.6) is 5.75 Å². The molecule has 0 bridgehead atoms. The van der Waals surface area contributed by atoms with Gasteiger partial charge in [0.1, 0.15) is 11.6 Å². The fourth-order valence-electron chi connectivity index (χ4n) is 2.04. The summed E-state index contributed by atoms with van der Waals surface area (Å²) in [7, 11) is 0. The van der Waals surface area contributed by atoms with Crippen molar-refractivity contribution in [3.05, 3.63) is 30.1 Å². The van der Waals surface area contributed by atoms with Crippen LogP contribution in [0.15, 0.2) is 24.3 Å². The Morgan fingerprint density at radius 2 is 2.05 bits per heavy atom. The van der Waals surface area contributed by atoms with Crippen molar-refractivity contribution in [3.8, 4) is 5.75 Å². The number of halogens is 1. The predicted octanol–water partition coefficient (Wildman–Crippen LogP) is 3.58. The van der Waals surface area contributed by atoms with Crippen LogP contribution in [0.25, 0.3) is 0 Å². The Kier molecular flexibility index (Phi) is 5.29. The average molecular weight is 298 g/mol. The van der Waals surface area contributed by atoms with Gasteiger partial charge >= 0.3 is 5.97 Å². The molecule has 0 aliphatic heterocycles. The van der Waals surface area contributed by atoms with E-state index in [1.807, 2.05) is 0 Å². The molecule has 3 nitrogen and oxygen atoms in total. The number of thioether (sulfide) groups is 1. The Bertz CT molecular complexity index is 443. The number of hydrogen-bond donors (Lipinski definition) is 1. The smallest absolute Gasteiger partial charge is 0.303 e. The molecule has 110 valence electrons. The number of aliphatic carboxylic acids is 1. The molecule has 5 heteroatoms. The van der Waals surface area contributed by atoms with Crippen molar-refractivity contribution in [2.75, 3.05) is 18.1 Å². The van der Waals surface area contributed by atoms with E-state index in [0.29, 0.717) is 18.8 Å². The van der Waals surface area contributed by atoms with Crippen LogP contribution in [0.1, 0.15) is 25.7 Å². The van der Waals surface area contributed by atoms with Gasteiger partial charge in [-0.15, -0.1) is 0 Å². The lowest BCUT2D eigenvalue weighted by Gasteiger charge is -2.11. The van der Waals surface area contributed by atoms with E-state index in [1.165, 1.54) is 12.1 Å². The van der Waals surface area contributed by atoms with Gasteiger partial charge in [0.05, 0.1) is 13.0 Å². The van der Waals surface area contributed by atoms with Crippen molar-refractivity contribution in [2.45, 2.75) is 25.7 Å². The number of carboxylic acids is 1. The van der Waals surface area contributed by atoms with E-state index in [0.717, 1.165) is 30.8 Å². The van der Waals surface area contributed by atoms with Crippen LogP contribution in [-0.2, 0) is 4.79 Å². The largest absolute Gasteiger partial charge is 0.494 e. The van der Waals surface area contributed by atoms with Crippen molar-refractivity contribution in [1.29, 1.82) is 0 Å². The summed E-state index contributed by atoms with van der Waals surface area (Å²) in [4.78, 5) is 10.7. The number of rotatable bonds is 9. The lowest BCUT2D eigenvalue weighted by atomic mass is 10.1. The maximum Gasteiger partial charge on any atom is 0.303 e. The lowest BCUT2D eigenvalue weighted by Crippen LogP contribution is -2.11. The van der Waals surface area contributed by atoms with Gasteiger partial charge in [-0.05, 0) is 60.4 Å². The summed E-state index contributed by atoms with van der Waals surface area (Å²) in [5, 5.41) is 8.82. The molecule has 0 radical (unpaired) electrons. The Morgan fingerprint density at radius 3 is 2.65 bits per heavy atom. The van der Waals surface area contributed by atoms with E-state index in [9.17, 15) is 9.18 Å². The summed E-state index contributed by atoms with van der Waals surface area (Å²) in [6.45, 7) is 0.602. The number of benzene rings is 1. The number of ether oxygens (including phenoxy) is 1. The maximum absolute atomic E-state index is 12.7. The summed E-state index contributed by atoms with van der Waals surface area (Å²) in [5.41, 5.74) is 0.0638. The van der Waals surface area contributed by atoms with Crippen LogP contribution < -0.4 is 4.74 Å². The lowest BCUT2D eigenvalue weighted by molar-refractivity contribution is -0.138. The van der Waals surface area contributed by atoms with Crippen LogP contribution in [0.2, 0.25) is 0 Å². The monoisotopic (exact) mass is 298 g/mol. The van der Waals surface area contributed by atoms with Crippen molar-refractivity contribution >= 4 is 17.7 Å².